The number of fused-ring (bicyclic) bond motifs is 1. The Morgan fingerprint density at radius 3 is 2.55 bits per heavy atom. The molecule has 1 saturated carbocycles. The topological polar surface area (TPSA) is 65.2 Å². The molecule has 3 heterocycles. The van der Waals surface area contributed by atoms with Gasteiger partial charge in [0.2, 0.25) is 0 Å². The lowest BCUT2D eigenvalue weighted by atomic mass is 9.73. The maximum atomic E-state index is 14.2. The molecule has 4 rings (SSSR count). The van der Waals surface area contributed by atoms with Crippen molar-refractivity contribution in [1.29, 1.82) is 0 Å². The van der Waals surface area contributed by atoms with Gasteiger partial charge in [-0.1, -0.05) is 0 Å². The highest BCUT2D eigenvalue weighted by molar-refractivity contribution is 5.59. The fourth-order valence-electron chi connectivity index (χ4n) is 3.28. The number of hydrogen-bond acceptors (Lipinski definition) is 5. The van der Waals surface area contributed by atoms with E-state index in [9.17, 15) is 22.0 Å². The average Bonchev–Trinajstić information content (AvgIpc) is 3.03. The Hall–Kier alpha value is -2.85. The summed E-state index contributed by atoms with van der Waals surface area (Å²) in [5, 5.41) is 8.10. The summed E-state index contributed by atoms with van der Waals surface area (Å²) in [6.45, 7) is 2.29. The van der Waals surface area contributed by atoms with Crippen LogP contribution in [-0.2, 0) is 0 Å². The third kappa shape index (κ3) is 3.73. The van der Waals surface area contributed by atoms with E-state index in [-0.39, 0.29) is 11.5 Å². The highest BCUT2D eigenvalue weighted by atomic mass is 19.4. The number of alkyl halides is 4. The lowest BCUT2D eigenvalue weighted by molar-refractivity contribution is -0.190. The summed E-state index contributed by atoms with van der Waals surface area (Å²) in [5.74, 6) is -1.31. The first kappa shape index (κ1) is 19.5. The first-order valence-electron chi connectivity index (χ1n) is 8.82. The van der Waals surface area contributed by atoms with Gasteiger partial charge in [-0.25, -0.2) is 13.8 Å². The largest absolute Gasteiger partial charge is 0.463 e. The molecule has 0 aromatic carbocycles. The predicted molar refractivity (Wildman–Crippen MR) is 91.6 cm³/mol. The summed E-state index contributed by atoms with van der Waals surface area (Å²) in [4.78, 5) is 7.82. The van der Waals surface area contributed by atoms with E-state index >= 15 is 0 Å². The molecule has 0 aliphatic heterocycles. The molecule has 154 valence electrons. The van der Waals surface area contributed by atoms with E-state index in [1.54, 1.807) is 10.6 Å². The third-order valence-corrected chi connectivity index (χ3v) is 4.88. The fraction of sp³-hybridized carbons (Fsp3) is 0.444. The Morgan fingerprint density at radius 2 is 1.93 bits per heavy atom. The SMILES string of the molecule is C[C@@H](Oc1ncc(-c2cn3c(C4CC(C)(F)C4)nnc3cn2)cc1F)C(F)(F)F. The minimum Gasteiger partial charge on any atom is -0.463 e. The lowest BCUT2D eigenvalue weighted by Gasteiger charge is -2.37. The van der Waals surface area contributed by atoms with Crippen molar-refractivity contribution in [2.75, 3.05) is 0 Å². The highest BCUT2D eigenvalue weighted by Gasteiger charge is 2.43. The molecule has 6 nitrogen and oxygen atoms in total. The number of rotatable bonds is 4. The summed E-state index contributed by atoms with van der Waals surface area (Å²) in [5.41, 5.74) is -0.241. The van der Waals surface area contributed by atoms with Gasteiger partial charge in [0.25, 0.3) is 5.88 Å². The van der Waals surface area contributed by atoms with E-state index in [1.165, 1.54) is 19.3 Å². The van der Waals surface area contributed by atoms with Crippen LogP contribution in [0.15, 0.2) is 24.7 Å². The van der Waals surface area contributed by atoms with Gasteiger partial charge in [0.05, 0.1) is 11.9 Å². The molecular formula is C18H16F5N5O. The number of pyridine rings is 1. The van der Waals surface area contributed by atoms with Crippen molar-refractivity contribution in [2.45, 2.75) is 50.6 Å². The van der Waals surface area contributed by atoms with Crippen LogP contribution in [0.4, 0.5) is 22.0 Å². The van der Waals surface area contributed by atoms with Crippen molar-refractivity contribution >= 4 is 5.65 Å². The first-order valence-corrected chi connectivity index (χ1v) is 8.82. The van der Waals surface area contributed by atoms with Crippen LogP contribution in [0.1, 0.15) is 38.4 Å². The Labute approximate surface area is 161 Å². The number of aromatic nitrogens is 5. The second kappa shape index (κ2) is 6.60. The summed E-state index contributed by atoms with van der Waals surface area (Å²) >= 11 is 0. The molecule has 0 spiro atoms. The Morgan fingerprint density at radius 1 is 1.21 bits per heavy atom. The molecule has 0 saturated heterocycles. The summed E-state index contributed by atoms with van der Waals surface area (Å²) in [6.07, 6.45) is -2.03. The third-order valence-electron chi connectivity index (χ3n) is 4.88. The van der Waals surface area contributed by atoms with E-state index in [4.69, 9.17) is 0 Å². The van der Waals surface area contributed by atoms with Crippen molar-refractivity contribution in [3.05, 3.63) is 36.3 Å². The quantitative estimate of drug-likeness (QED) is 0.598. The van der Waals surface area contributed by atoms with E-state index in [2.05, 4.69) is 24.9 Å². The van der Waals surface area contributed by atoms with Crippen LogP contribution in [0, 0.1) is 5.82 Å². The molecule has 3 aromatic heterocycles. The molecule has 0 bridgehead atoms. The van der Waals surface area contributed by atoms with Gasteiger partial charge in [-0.15, -0.1) is 10.2 Å². The van der Waals surface area contributed by atoms with Crippen LogP contribution in [0.5, 0.6) is 5.88 Å². The van der Waals surface area contributed by atoms with Gasteiger partial charge in [-0.3, -0.25) is 9.38 Å². The van der Waals surface area contributed by atoms with Crippen LogP contribution in [-0.4, -0.2) is 42.5 Å². The van der Waals surface area contributed by atoms with Crippen LogP contribution < -0.4 is 4.74 Å². The molecule has 0 amide bonds. The summed E-state index contributed by atoms with van der Waals surface area (Å²) in [6, 6.07) is 0.992. The Kier molecular flexibility index (Phi) is 4.43. The molecule has 0 N–H and O–H groups in total. The normalized spacial score (nSPS) is 23.1. The Balaban J connectivity index is 1.62. The molecular weight excluding hydrogens is 397 g/mol. The maximum absolute atomic E-state index is 14.2. The average molecular weight is 413 g/mol. The van der Waals surface area contributed by atoms with Gasteiger partial charge in [-0.2, -0.15) is 13.2 Å². The van der Waals surface area contributed by atoms with E-state index in [0.717, 1.165) is 13.0 Å². The van der Waals surface area contributed by atoms with Crippen LogP contribution >= 0.6 is 0 Å². The molecule has 29 heavy (non-hydrogen) atoms. The first-order chi connectivity index (χ1) is 13.5. The van der Waals surface area contributed by atoms with Gasteiger partial charge < -0.3 is 4.74 Å². The predicted octanol–water partition coefficient (Wildman–Crippen LogP) is 4.26. The standard InChI is InChI=1S/C18H16F5N5O/c1-9(18(21,22)23)29-16-12(19)3-10(6-25-16)13-8-28-14(7-24-13)26-27-15(28)11-4-17(2,20)5-11/h3,6-9,11H,4-5H2,1-2H3/t9-,11?,17?/m1/s1. The van der Waals surface area contributed by atoms with Crippen LogP contribution in [0.2, 0.25) is 0 Å². The number of nitrogens with zero attached hydrogens (tertiary/aromatic N) is 5. The zero-order chi connectivity index (χ0) is 21.0. The molecule has 1 fully saturated rings. The Bertz CT molecular complexity index is 1060. The summed E-state index contributed by atoms with van der Waals surface area (Å²) in [7, 11) is 0. The number of ether oxygens (including phenoxy) is 1. The maximum Gasteiger partial charge on any atom is 0.425 e. The molecule has 3 aromatic rings. The van der Waals surface area contributed by atoms with Crippen molar-refractivity contribution in [2.24, 2.45) is 0 Å². The van der Waals surface area contributed by atoms with Crippen molar-refractivity contribution in [3.8, 4) is 17.1 Å². The minimum absolute atomic E-state index is 0.0928. The van der Waals surface area contributed by atoms with Gasteiger partial charge in [0.15, 0.2) is 17.6 Å². The minimum atomic E-state index is -4.64. The fourth-order valence-corrected chi connectivity index (χ4v) is 3.28. The molecule has 1 aliphatic carbocycles. The lowest BCUT2D eigenvalue weighted by Crippen LogP contribution is -2.36. The molecule has 1 aliphatic rings. The second-order valence-electron chi connectivity index (χ2n) is 7.39. The van der Waals surface area contributed by atoms with Gasteiger partial charge in [0, 0.05) is 23.9 Å². The molecule has 11 heteroatoms. The zero-order valence-electron chi connectivity index (χ0n) is 15.4. The molecule has 0 unspecified atom stereocenters. The number of hydrogen-bond donors (Lipinski definition) is 0. The van der Waals surface area contributed by atoms with E-state index in [0.29, 0.717) is 30.0 Å². The smallest absolute Gasteiger partial charge is 0.425 e. The van der Waals surface area contributed by atoms with Crippen LogP contribution in [0.25, 0.3) is 16.9 Å². The van der Waals surface area contributed by atoms with Crippen molar-refractivity contribution in [1.82, 2.24) is 24.6 Å². The van der Waals surface area contributed by atoms with Crippen LogP contribution in [0.3, 0.4) is 0 Å². The summed E-state index contributed by atoms with van der Waals surface area (Å²) < 4.78 is 72.1. The number of halogens is 5. The van der Waals surface area contributed by atoms with Crippen molar-refractivity contribution < 1.29 is 26.7 Å². The van der Waals surface area contributed by atoms with Gasteiger partial charge >= 0.3 is 6.18 Å². The second-order valence-corrected chi connectivity index (χ2v) is 7.39. The zero-order valence-corrected chi connectivity index (χ0v) is 15.4. The molecule has 1 atom stereocenters. The monoisotopic (exact) mass is 413 g/mol. The molecule has 0 radical (unpaired) electrons. The van der Waals surface area contributed by atoms with Gasteiger partial charge in [0.1, 0.15) is 11.5 Å². The van der Waals surface area contributed by atoms with E-state index < -0.39 is 29.6 Å². The van der Waals surface area contributed by atoms with E-state index in [1.807, 2.05) is 0 Å². The highest BCUT2D eigenvalue weighted by Crippen LogP contribution is 2.46. The van der Waals surface area contributed by atoms with Crippen molar-refractivity contribution in [3.63, 3.8) is 0 Å². The van der Waals surface area contributed by atoms with Gasteiger partial charge in [-0.05, 0) is 32.8 Å².